The number of aromatic nitrogens is 6. The molecule has 1 saturated heterocycles. The maximum atomic E-state index is 14.6. The first-order valence-corrected chi connectivity index (χ1v) is 12.1. The van der Waals surface area contributed by atoms with Crippen LogP contribution in [-0.4, -0.2) is 54.8 Å². The molecule has 5 aromatic rings. The summed E-state index contributed by atoms with van der Waals surface area (Å²) in [6.45, 7) is 8.30. The Morgan fingerprint density at radius 3 is 2.89 bits per heavy atom. The first-order valence-electron chi connectivity index (χ1n) is 12.1. The normalized spacial score (nSPS) is 14.6. The molecule has 6 rings (SSSR count). The van der Waals surface area contributed by atoms with Crippen LogP contribution >= 0.6 is 0 Å². The molecular formula is C28H25FN8. The standard InChI is InChI=1S/C28H25FN8/c1-17(5-3-6-30-2)20-12-22-26(35-36-27(22)32-13-20)28-33-24-15-31-14-23(25(24)34-28)19-9-18(10-21(29)11-19)16-37-7-4-8-37/h3,5-6,9-15H,2,4,7-8,16H2,1H3,(H,33,34)(H,32,35,36)/b6-3-,17-5+. The van der Waals surface area contributed by atoms with Crippen molar-refractivity contribution < 1.29 is 4.39 Å². The van der Waals surface area contributed by atoms with E-state index < -0.39 is 0 Å². The molecule has 9 heteroatoms. The molecule has 0 radical (unpaired) electrons. The number of likely N-dealkylation sites (tertiary alicyclic amines) is 1. The van der Waals surface area contributed by atoms with Crippen LogP contribution in [-0.2, 0) is 6.54 Å². The molecule has 184 valence electrons. The monoisotopic (exact) mass is 492 g/mol. The molecule has 0 atom stereocenters. The second-order valence-electron chi connectivity index (χ2n) is 9.21. The summed E-state index contributed by atoms with van der Waals surface area (Å²) in [4.78, 5) is 23.2. The SMILES string of the molecule is C=N/C=C\C=C(/C)c1cnc2n[nH]c(-c3nc4c(-c5cc(F)cc(CN6CCC6)c5)cncc4[nH]3)c2c1. The van der Waals surface area contributed by atoms with Crippen molar-refractivity contribution in [3.05, 3.63) is 78.2 Å². The Labute approximate surface area is 212 Å². The predicted molar refractivity (Wildman–Crippen MR) is 144 cm³/mol. The van der Waals surface area contributed by atoms with Crippen molar-refractivity contribution in [2.24, 2.45) is 4.99 Å². The lowest BCUT2D eigenvalue weighted by Crippen LogP contribution is -2.36. The van der Waals surface area contributed by atoms with Crippen molar-refractivity contribution in [1.29, 1.82) is 0 Å². The molecule has 8 nitrogen and oxygen atoms in total. The van der Waals surface area contributed by atoms with E-state index in [4.69, 9.17) is 4.98 Å². The van der Waals surface area contributed by atoms with Gasteiger partial charge in [-0.05, 0) is 85.8 Å². The quantitative estimate of drug-likeness (QED) is 0.230. The number of hydrogen-bond donors (Lipinski definition) is 2. The first kappa shape index (κ1) is 22.9. The van der Waals surface area contributed by atoms with Gasteiger partial charge in [0.25, 0.3) is 0 Å². The molecule has 0 unspecified atom stereocenters. The number of hydrogen-bond acceptors (Lipinski definition) is 6. The Balaban J connectivity index is 1.41. The molecule has 1 aliphatic heterocycles. The van der Waals surface area contributed by atoms with Gasteiger partial charge < -0.3 is 4.98 Å². The fourth-order valence-corrected chi connectivity index (χ4v) is 4.60. The van der Waals surface area contributed by atoms with Gasteiger partial charge in [0.2, 0.25) is 0 Å². The Morgan fingerprint density at radius 2 is 2.08 bits per heavy atom. The van der Waals surface area contributed by atoms with Gasteiger partial charge >= 0.3 is 0 Å². The summed E-state index contributed by atoms with van der Waals surface area (Å²) in [7, 11) is 0. The maximum Gasteiger partial charge on any atom is 0.181 e. The van der Waals surface area contributed by atoms with Crippen LogP contribution in [0.3, 0.4) is 0 Å². The predicted octanol–water partition coefficient (Wildman–Crippen LogP) is 5.53. The summed E-state index contributed by atoms with van der Waals surface area (Å²) in [6, 6.07) is 7.20. The molecule has 1 fully saturated rings. The van der Waals surface area contributed by atoms with E-state index in [0.29, 0.717) is 11.5 Å². The third-order valence-electron chi connectivity index (χ3n) is 6.66. The van der Waals surface area contributed by atoms with Gasteiger partial charge in [0, 0.05) is 30.7 Å². The number of H-pyrrole nitrogens is 2. The smallest absolute Gasteiger partial charge is 0.181 e. The molecule has 0 saturated carbocycles. The van der Waals surface area contributed by atoms with Crippen molar-refractivity contribution >= 4 is 34.4 Å². The number of pyridine rings is 2. The number of imidazole rings is 1. The summed E-state index contributed by atoms with van der Waals surface area (Å²) in [5.74, 6) is 0.349. The zero-order chi connectivity index (χ0) is 25.4. The minimum Gasteiger partial charge on any atom is -0.335 e. The molecule has 0 amide bonds. The number of nitrogens with zero attached hydrogens (tertiary/aromatic N) is 6. The van der Waals surface area contributed by atoms with Gasteiger partial charge in [-0.1, -0.05) is 6.08 Å². The van der Waals surface area contributed by atoms with Gasteiger partial charge in [-0.15, -0.1) is 0 Å². The third-order valence-corrected chi connectivity index (χ3v) is 6.66. The molecular weight excluding hydrogens is 467 g/mol. The van der Waals surface area contributed by atoms with Gasteiger partial charge in [0.1, 0.15) is 11.5 Å². The van der Waals surface area contributed by atoms with Crippen LogP contribution in [0, 0.1) is 5.82 Å². The number of rotatable bonds is 7. The second-order valence-corrected chi connectivity index (χ2v) is 9.21. The maximum absolute atomic E-state index is 14.6. The van der Waals surface area contributed by atoms with E-state index >= 15 is 0 Å². The summed E-state index contributed by atoms with van der Waals surface area (Å²) in [5.41, 5.74) is 7.25. The highest BCUT2D eigenvalue weighted by Gasteiger charge is 2.18. The molecule has 0 spiro atoms. The van der Waals surface area contributed by atoms with Gasteiger partial charge in [-0.25, -0.2) is 14.4 Å². The van der Waals surface area contributed by atoms with Crippen molar-refractivity contribution in [1.82, 2.24) is 35.0 Å². The summed E-state index contributed by atoms with van der Waals surface area (Å²) < 4.78 is 14.6. The van der Waals surface area contributed by atoms with E-state index in [2.05, 4.69) is 41.8 Å². The van der Waals surface area contributed by atoms with E-state index in [9.17, 15) is 4.39 Å². The minimum atomic E-state index is -0.263. The summed E-state index contributed by atoms with van der Waals surface area (Å²) >= 11 is 0. The average molecular weight is 493 g/mol. The average Bonchev–Trinajstić information content (AvgIpc) is 3.49. The zero-order valence-corrected chi connectivity index (χ0v) is 20.4. The number of halogens is 1. The van der Waals surface area contributed by atoms with Crippen LogP contribution in [0.15, 0.2) is 66.2 Å². The molecule has 0 aliphatic carbocycles. The van der Waals surface area contributed by atoms with Crippen LogP contribution in [0.25, 0.3) is 50.3 Å². The Bertz CT molecular complexity index is 1690. The molecule has 4 aromatic heterocycles. The fourth-order valence-electron chi connectivity index (χ4n) is 4.60. The molecule has 1 aromatic carbocycles. The van der Waals surface area contributed by atoms with Crippen molar-refractivity contribution in [2.45, 2.75) is 19.9 Å². The third kappa shape index (κ3) is 4.45. The summed E-state index contributed by atoms with van der Waals surface area (Å²) in [6.07, 6.45) is 11.9. The summed E-state index contributed by atoms with van der Waals surface area (Å²) in [5, 5.41) is 8.28. The largest absolute Gasteiger partial charge is 0.335 e. The van der Waals surface area contributed by atoms with E-state index in [1.807, 2.05) is 31.2 Å². The zero-order valence-electron chi connectivity index (χ0n) is 20.4. The highest BCUT2D eigenvalue weighted by molar-refractivity contribution is 5.96. The van der Waals surface area contributed by atoms with Gasteiger partial charge in [0.15, 0.2) is 11.5 Å². The second kappa shape index (κ2) is 9.51. The van der Waals surface area contributed by atoms with E-state index in [1.165, 1.54) is 12.5 Å². The molecule has 1 aliphatic rings. The number of aromatic amines is 2. The number of fused-ring (bicyclic) bond motifs is 2. The molecule has 37 heavy (non-hydrogen) atoms. The van der Waals surface area contributed by atoms with E-state index in [0.717, 1.165) is 69.6 Å². The van der Waals surface area contributed by atoms with Gasteiger partial charge in [-0.2, -0.15) is 5.10 Å². The lowest BCUT2D eigenvalue weighted by Gasteiger charge is -2.30. The molecule has 2 N–H and O–H groups in total. The van der Waals surface area contributed by atoms with Crippen LogP contribution in [0.2, 0.25) is 0 Å². The van der Waals surface area contributed by atoms with Crippen molar-refractivity contribution in [3.8, 4) is 22.6 Å². The fraction of sp³-hybridized carbons (Fsp3) is 0.179. The van der Waals surface area contributed by atoms with Crippen LogP contribution < -0.4 is 0 Å². The Kier molecular flexibility index (Phi) is 5.90. The lowest BCUT2D eigenvalue weighted by molar-refractivity contribution is 0.172. The lowest BCUT2D eigenvalue weighted by atomic mass is 10.0. The Morgan fingerprint density at radius 1 is 1.19 bits per heavy atom. The highest BCUT2D eigenvalue weighted by atomic mass is 19.1. The molecule has 5 heterocycles. The van der Waals surface area contributed by atoms with Crippen LogP contribution in [0.4, 0.5) is 4.39 Å². The minimum absolute atomic E-state index is 0.263. The van der Waals surface area contributed by atoms with Gasteiger partial charge in [-0.3, -0.25) is 20.0 Å². The van der Waals surface area contributed by atoms with Crippen LogP contribution in [0.5, 0.6) is 0 Å². The van der Waals surface area contributed by atoms with Gasteiger partial charge in [0.05, 0.1) is 22.6 Å². The van der Waals surface area contributed by atoms with E-state index in [1.54, 1.807) is 30.9 Å². The van der Waals surface area contributed by atoms with Crippen molar-refractivity contribution in [3.63, 3.8) is 0 Å². The van der Waals surface area contributed by atoms with E-state index in [-0.39, 0.29) is 5.82 Å². The molecule has 0 bridgehead atoms. The number of benzene rings is 1. The number of nitrogens with one attached hydrogen (secondary N) is 2. The Hall–Kier alpha value is -4.50. The number of allylic oxidation sites excluding steroid dienone is 3. The number of aliphatic imine (C=N–C) groups is 1. The first-order chi connectivity index (χ1) is 18.1. The topological polar surface area (TPSA) is 98.7 Å². The van der Waals surface area contributed by atoms with Crippen LogP contribution in [0.1, 0.15) is 24.5 Å². The van der Waals surface area contributed by atoms with Crippen molar-refractivity contribution in [2.75, 3.05) is 13.1 Å². The highest BCUT2D eigenvalue weighted by Crippen LogP contribution is 2.32.